The molecule has 2 atom stereocenters. The second-order valence-corrected chi connectivity index (χ2v) is 9.19. The average molecular weight is 407 g/mol. The number of carbonyl (C=O) groups excluding carboxylic acids is 2. The summed E-state index contributed by atoms with van der Waals surface area (Å²) in [5, 5.41) is 0. The van der Waals surface area contributed by atoms with Gasteiger partial charge in [-0.15, -0.1) is 0 Å². The molecule has 30 heavy (non-hydrogen) atoms. The highest BCUT2D eigenvalue weighted by atomic mass is 16.6. The molecule has 4 rings (SSSR count). The third-order valence-electron chi connectivity index (χ3n) is 5.90. The number of rotatable bonds is 2. The van der Waals surface area contributed by atoms with Gasteiger partial charge < -0.3 is 9.64 Å². The van der Waals surface area contributed by atoms with Crippen molar-refractivity contribution in [2.75, 3.05) is 6.54 Å². The monoisotopic (exact) mass is 406 g/mol. The van der Waals surface area contributed by atoms with E-state index in [1.54, 1.807) is 4.90 Å². The number of hydrogen-bond acceptors (Lipinski definition) is 3. The largest absolute Gasteiger partial charge is 0.444 e. The summed E-state index contributed by atoms with van der Waals surface area (Å²) in [6.45, 7) is 6.86. The second kappa shape index (κ2) is 8.13. The predicted molar refractivity (Wildman–Crippen MR) is 116 cm³/mol. The van der Waals surface area contributed by atoms with E-state index in [-0.39, 0.29) is 11.9 Å². The van der Waals surface area contributed by atoms with Crippen LogP contribution in [0, 0.1) is 0 Å². The highest BCUT2D eigenvalue weighted by molar-refractivity contribution is 5.87. The molecular weight excluding hydrogens is 376 g/mol. The number of ether oxygens (including phenoxy) is 1. The maximum Gasteiger partial charge on any atom is 0.411 e. The minimum absolute atomic E-state index is 0.0220. The minimum atomic E-state index is -0.613. The van der Waals surface area contributed by atoms with E-state index >= 15 is 0 Å². The molecule has 5 nitrogen and oxygen atoms in total. The number of nitrogens with zero attached hydrogens (tertiary/aromatic N) is 2. The van der Waals surface area contributed by atoms with Crippen LogP contribution in [0.4, 0.5) is 4.79 Å². The molecule has 0 bridgehead atoms. The zero-order valence-corrected chi connectivity index (χ0v) is 18.0. The number of hydrogen-bond donors (Lipinski definition) is 0. The lowest BCUT2D eigenvalue weighted by Crippen LogP contribution is -2.50. The average Bonchev–Trinajstić information content (AvgIpc) is 3.17. The topological polar surface area (TPSA) is 49.9 Å². The lowest BCUT2D eigenvalue weighted by Gasteiger charge is -2.36. The molecule has 0 spiro atoms. The molecule has 0 saturated carbocycles. The number of amides is 2. The Bertz CT molecular complexity index is 919. The molecule has 1 saturated heterocycles. The van der Waals surface area contributed by atoms with Crippen molar-refractivity contribution in [1.29, 1.82) is 0 Å². The van der Waals surface area contributed by atoms with Crippen LogP contribution in [-0.2, 0) is 22.5 Å². The summed E-state index contributed by atoms with van der Waals surface area (Å²) in [5.41, 5.74) is 2.93. The van der Waals surface area contributed by atoms with Crippen molar-refractivity contribution in [3.63, 3.8) is 0 Å². The van der Waals surface area contributed by atoms with Gasteiger partial charge in [0.05, 0.1) is 6.04 Å². The van der Waals surface area contributed by atoms with Gasteiger partial charge in [0.1, 0.15) is 11.6 Å². The Morgan fingerprint density at radius 2 is 1.60 bits per heavy atom. The molecule has 0 aliphatic carbocycles. The summed E-state index contributed by atoms with van der Waals surface area (Å²) in [5.74, 6) is 0.0220. The van der Waals surface area contributed by atoms with Crippen LogP contribution in [0.3, 0.4) is 0 Å². The van der Waals surface area contributed by atoms with Crippen LogP contribution in [0.2, 0.25) is 0 Å². The van der Waals surface area contributed by atoms with Crippen LogP contribution in [0.25, 0.3) is 0 Å². The van der Waals surface area contributed by atoms with Crippen molar-refractivity contribution in [3.05, 3.63) is 71.3 Å². The summed E-state index contributed by atoms with van der Waals surface area (Å²) in [6.07, 6.45) is 1.84. The van der Waals surface area contributed by atoms with Gasteiger partial charge >= 0.3 is 6.09 Å². The summed E-state index contributed by atoms with van der Waals surface area (Å²) < 4.78 is 5.71. The van der Waals surface area contributed by atoms with Gasteiger partial charge in [0, 0.05) is 13.1 Å². The maximum absolute atomic E-state index is 13.5. The van der Waals surface area contributed by atoms with Crippen LogP contribution in [0.1, 0.15) is 56.3 Å². The Morgan fingerprint density at radius 3 is 2.30 bits per heavy atom. The number of fused-ring (bicyclic) bond motifs is 1. The fourth-order valence-corrected chi connectivity index (χ4v) is 4.52. The molecule has 2 heterocycles. The molecule has 158 valence electrons. The van der Waals surface area contributed by atoms with Gasteiger partial charge in [-0.05, 0) is 56.7 Å². The molecule has 0 radical (unpaired) electrons. The van der Waals surface area contributed by atoms with E-state index in [2.05, 4.69) is 12.1 Å². The first kappa shape index (κ1) is 20.5. The minimum Gasteiger partial charge on any atom is -0.444 e. The Labute approximate surface area is 178 Å². The SMILES string of the molecule is CC(C)(C)OC(=O)N1C(C(=O)N2CCc3ccccc3C2)CCC1c1ccccc1. The summed E-state index contributed by atoms with van der Waals surface area (Å²) >= 11 is 0. The molecule has 1 fully saturated rings. The highest BCUT2D eigenvalue weighted by Gasteiger charge is 2.45. The lowest BCUT2D eigenvalue weighted by molar-refractivity contribution is -0.137. The maximum atomic E-state index is 13.5. The molecule has 0 aromatic heterocycles. The molecule has 2 unspecified atom stereocenters. The molecule has 2 aromatic rings. The van der Waals surface area contributed by atoms with Gasteiger partial charge in [0.15, 0.2) is 0 Å². The quantitative estimate of drug-likeness (QED) is 0.726. The van der Waals surface area contributed by atoms with Gasteiger partial charge in [-0.25, -0.2) is 4.79 Å². The van der Waals surface area contributed by atoms with Crippen LogP contribution < -0.4 is 0 Å². The molecule has 5 heteroatoms. The zero-order chi connectivity index (χ0) is 21.3. The molecule has 2 aliphatic rings. The van der Waals surface area contributed by atoms with Gasteiger partial charge in [-0.2, -0.15) is 0 Å². The number of carbonyl (C=O) groups is 2. The van der Waals surface area contributed by atoms with E-state index < -0.39 is 17.7 Å². The van der Waals surface area contributed by atoms with E-state index in [1.165, 1.54) is 11.1 Å². The fraction of sp³-hybridized carbons (Fsp3) is 0.440. The van der Waals surface area contributed by atoms with Crippen molar-refractivity contribution in [2.24, 2.45) is 0 Å². The van der Waals surface area contributed by atoms with Crippen molar-refractivity contribution < 1.29 is 14.3 Å². The van der Waals surface area contributed by atoms with Gasteiger partial charge in [-0.1, -0.05) is 54.6 Å². The first-order valence-corrected chi connectivity index (χ1v) is 10.8. The third-order valence-corrected chi connectivity index (χ3v) is 5.90. The Kier molecular flexibility index (Phi) is 5.54. The van der Waals surface area contributed by atoms with Gasteiger partial charge in [0.25, 0.3) is 0 Å². The number of benzene rings is 2. The predicted octanol–water partition coefficient (Wildman–Crippen LogP) is 4.71. The van der Waals surface area contributed by atoms with Gasteiger partial charge in [0.2, 0.25) is 5.91 Å². The van der Waals surface area contributed by atoms with Crippen LogP contribution in [0.5, 0.6) is 0 Å². The summed E-state index contributed by atoms with van der Waals surface area (Å²) in [4.78, 5) is 30.3. The van der Waals surface area contributed by atoms with Crippen LogP contribution >= 0.6 is 0 Å². The molecule has 0 N–H and O–H groups in total. The zero-order valence-electron chi connectivity index (χ0n) is 18.0. The van der Waals surface area contributed by atoms with E-state index in [0.29, 0.717) is 19.5 Å². The second-order valence-electron chi connectivity index (χ2n) is 9.19. The van der Waals surface area contributed by atoms with Crippen LogP contribution in [-0.4, -0.2) is 40.0 Å². The van der Waals surface area contributed by atoms with Crippen molar-refractivity contribution in [2.45, 2.75) is 64.3 Å². The van der Waals surface area contributed by atoms with Crippen molar-refractivity contribution in [3.8, 4) is 0 Å². The van der Waals surface area contributed by atoms with E-state index in [9.17, 15) is 9.59 Å². The standard InChI is InChI=1S/C25H30N2O3/c1-25(2,3)30-24(29)27-21(19-10-5-4-6-11-19)13-14-22(27)23(28)26-16-15-18-9-7-8-12-20(18)17-26/h4-12,21-22H,13-17H2,1-3H3. The summed E-state index contributed by atoms with van der Waals surface area (Å²) in [6, 6.07) is 17.6. The van der Waals surface area contributed by atoms with Crippen molar-refractivity contribution >= 4 is 12.0 Å². The molecule has 2 aliphatic heterocycles. The highest BCUT2D eigenvalue weighted by Crippen LogP contribution is 2.38. The Morgan fingerprint density at radius 1 is 0.933 bits per heavy atom. The number of likely N-dealkylation sites (tertiary alicyclic amines) is 1. The molecule has 2 aromatic carbocycles. The van der Waals surface area contributed by atoms with E-state index in [0.717, 1.165) is 18.4 Å². The summed E-state index contributed by atoms with van der Waals surface area (Å²) in [7, 11) is 0. The Hall–Kier alpha value is -2.82. The van der Waals surface area contributed by atoms with Crippen molar-refractivity contribution in [1.82, 2.24) is 9.80 Å². The normalized spacial score (nSPS) is 21.3. The molecular formula is C25H30N2O3. The smallest absolute Gasteiger partial charge is 0.411 e. The first-order chi connectivity index (χ1) is 14.3. The Balaban J connectivity index is 1.59. The molecule has 2 amide bonds. The van der Waals surface area contributed by atoms with Crippen LogP contribution in [0.15, 0.2) is 54.6 Å². The van der Waals surface area contributed by atoms with Gasteiger partial charge in [-0.3, -0.25) is 9.69 Å². The fourth-order valence-electron chi connectivity index (χ4n) is 4.52. The van der Waals surface area contributed by atoms with E-state index in [4.69, 9.17) is 4.74 Å². The van der Waals surface area contributed by atoms with E-state index in [1.807, 2.05) is 68.1 Å². The lowest BCUT2D eigenvalue weighted by atomic mass is 9.99. The third kappa shape index (κ3) is 4.20. The first-order valence-electron chi connectivity index (χ1n) is 10.8.